The molecule has 0 aliphatic carbocycles. The Morgan fingerprint density at radius 3 is 2.35 bits per heavy atom. The van der Waals surface area contributed by atoms with Crippen molar-refractivity contribution in [1.82, 2.24) is 0 Å². The van der Waals surface area contributed by atoms with E-state index in [1.54, 1.807) is 6.08 Å². The number of hydrogen-bond acceptors (Lipinski definition) is 3. The molecule has 0 N–H and O–H groups in total. The fourth-order valence-corrected chi connectivity index (χ4v) is 1.44. The molecule has 17 heavy (non-hydrogen) atoms. The highest BCUT2D eigenvalue weighted by molar-refractivity contribution is 7.91. The largest absolute Gasteiger partial charge is 0.861 e. The number of sulfonamides is 1. The molecular formula is C9H13F3NO3S-. The predicted molar refractivity (Wildman–Crippen MR) is 55.7 cm³/mol. The zero-order valence-corrected chi connectivity index (χ0v) is 9.85. The zero-order valence-electron chi connectivity index (χ0n) is 9.03. The monoisotopic (exact) mass is 272 g/mol. The smallest absolute Gasteiger partial charge is 0.518 e. The van der Waals surface area contributed by atoms with Crippen molar-refractivity contribution in [3.63, 3.8) is 0 Å². The zero-order chi connectivity index (χ0) is 13.5. The van der Waals surface area contributed by atoms with Crippen LogP contribution in [0.5, 0.6) is 0 Å². The van der Waals surface area contributed by atoms with Crippen molar-refractivity contribution in [3.05, 3.63) is 12.7 Å². The van der Waals surface area contributed by atoms with Crippen molar-refractivity contribution in [1.29, 1.82) is 0 Å². The Bertz CT molecular complexity index is 373. The van der Waals surface area contributed by atoms with Crippen LogP contribution in [0.1, 0.15) is 32.1 Å². The molecule has 0 atom stereocenters. The summed E-state index contributed by atoms with van der Waals surface area (Å²) in [4.78, 5) is 0. The number of alkyl halides is 3. The minimum absolute atomic E-state index is 0.299. The summed E-state index contributed by atoms with van der Waals surface area (Å²) in [5.41, 5.74) is -5.51. The summed E-state index contributed by atoms with van der Waals surface area (Å²) in [6, 6.07) is 0. The molecule has 0 rings (SSSR count). The van der Waals surface area contributed by atoms with Crippen LogP contribution in [0.2, 0.25) is 0 Å². The van der Waals surface area contributed by atoms with Gasteiger partial charge >= 0.3 is 15.5 Å². The molecule has 8 heteroatoms. The van der Waals surface area contributed by atoms with E-state index in [0.29, 0.717) is 12.8 Å². The van der Waals surface area contributed by atoms with Gasteiger partial charge in [-0.05, 0) is 31.6 Å². The Kier molecular flexibility index (Phi) is 6.22. The maximum atomic E-state index is 11.8. The number of unbranched alkanes of at least 4 members (excludes halogenated alkanes) is 3. The SMILES string of the molecule is C=CCCCCC/C([O-])=N/S(=O)(=O)C(F)(F)F. The van der Waals surface area contributed by atoms with Crippen LogP contribution in [-0.2, 0) is 10.0 Å². The molecule has 0 radical (unpaired) electrons. The van der Waals surface area contributed by atoms with E-state index in [1.165, 1.54) is 0 Å². The van der Waals surface area contributed by atoms with Gasteiger partial charge in [0, 0.05) is 0 Å². The molecule has 0 fully saturated rings. The number of allylic oxidation sites excluding steroid dienone is 1. The minimum Gasteiger partial charge on any atom is -0.861 e. The summed E-state index contributed by atoms with van der Waals surface area (Å²) >= 11 is 0. The summed E-state index contributed by atoms with van der Waals surface area (Å²) in [5.74, 6) is -1.26. The van der Waals surface area contributed by atoms with Crippen molar-refractivity contribution in [2.75, 3.05) is 0 Å². The Morgan fingerprint density at radius 1 is 1.29 bits per heavy atom. The van der Waals surface area contributed by atoms with Crippen LogP contribution in [0.4, 0.5) is 13.2 Å². The van der Waals surface area contributed by atoms with E-state index in [0.717, 1.165) is 12.8 Å². The van der Waals surface area contributed by atoms with Crippen LogP contribution in [0.25, 0.3) is 0 Å². The first-order valence-electron chi connectivity index (χ1n) is 4.88. The van der Waals surface area contributed by atoms with Crippen LogP contribution in [0.3, 0.4) is 0 Å². The van der Waals surface area contributed by atoms with Crippen LogP contribution in [-0.4, -0.2) is 19.8 Å². The Labute approximate surface area is 97.9 Å². The lowest BCUT2D eigenvalue weighted by molar-refractivity contribution is -0.218. The third-order valence-corrected chi connectivity index (χ3v) is 2.84. The lowest BCUT2D eigenvalue weighted by Gasteiger charge is -2.11. The van der Waals surface area contributed by atoms with Gasteiger partial charge in [0.05, 0.1) is 0 Å². The van der Waals surface area contributed by atoms with Gasteiger partial charge in [-0.15, -0.1) is 6.58 Å². The first-order valence-corrected chi connectivity index (χ1v) is 6.32. The Balaban J connectivity index is 4.23. The summed E-state index contributed by atoms with van der Waals surface area (Å²) in [6.45, 7) is 3.48. The van der Waals surface area contributed by atoms with Crippen molar-refractivity contribution >= 4 is 15.9 Å². The molecule has 0 unspecified atom stereocenters. The van der Waals surface area contributed by atoms with Gasteiger partial charge < -0.3 is 5.11 Å². The molecule has 0 amide bonds. The van der Waals surface area contributed by atoms with E-state index in [1.807, 2.05) is 0 Å². The predicted octanol–water partition coefficient (Wildman–Crippen LogP) is 1.73. The minimum atomic E-state index is -5.69. The fraction of sp³-hybridized carbons (Fsp3) is 0.667. The van der Waals surface area contributed by atoms with E-state index in [9.17, 15) is 26.7 Å². The van der Waals surface area contributed by atoms with Gasteiger partial charge in [0.1, 0.15) is 0 Å². The fourth-order valence-electron chi connectivity index (χ4n) is 0.973. The highest BCUT2D eigenvalue weighted by atomic mass is 32.2. The first-order chi connectivity index (χ1) is 7.70. The average molecular weight is 272 g/mol. The van der Waals surface area contributed by atoms with Crippen LogP contribution >= 0.6 is 0 Å². The quantitative estimate of drug-likeness (QED) is 0.307. The molecule has 0 spiro atoms. The van der Waals surface area contributed by atoms with Gasteiger partial charge in [-0.3, -0.25) is 0 Å². The molecule has 0 bridgehead atoms. The maximum absolute atomic E-state index is 11.8. The summed E-state index contributed by atoms with van der Waals surface area (Å²) in [7, 11) is -5.69. The van der Waals surface area contributed by atoms with Crippen molar-refractivity contribution in [2.45, 2.75) is 37.6 Å². The molecular weight excluding hydrogens is 259 g/mol. The second-order valence-electron chi connectivity index (χ2n) is 3.29. The molecule has 100 valence electrons. The topological polar surface area (TPSA) is 69.6 Å². The summed E-state index contributed by atoms with van der Waals surface area (Å²) in [5, 5.41) is 10.9. The third kappa shape index (κ3) is 6.30. The molecule has 0 aromatic carbocycles. The van der Waals surface area contributed by atoms with Crippen molar-refractivity contribution in [2.24, 2.45) is 4.40 Å². The van der Waals surface area contributed by atoms with E-state index in [4.69, 9.17) is 0 Å². The van der Waals surface area contributed by atoms with Crippen molar-refractivity contribution < 1.29 is 26.7 Å². The van der Waals surface area contributed by atoms with E-state index < -0.39 is 21.4 Å². The van der Waals surface area contributed by atoms with Crippen LogP contribution < -0.4 is 5.11 Å². The summed E-state index contributed by atoms with van der Waals surface area (Å²) < 4.78 is 58.6. The normalized spacial score (nSPS) is 13.7. The standard InChI is InChI=1S/C9H14F3NO3S/c1-2-3-4-5-6-7-8(14)13-17(15,16)9(10,11)12/h2H,1,3-7H2,(H,13,14)/p-1. The lowest BCUT2D eigenvalue weighted by Crippen LogP contribution is -2.26. The van der Waals surface area contributed by atoms with Gasteiger partial charge in [0.2, 0.25) is 0 Å². The maximum Gasteiger partial charge on any atom is 0.518 e. The van der Waals surface area contributed by atoms with Gasteiger partial charge in [-0.25, -0.2) is 0 Å². The summed E-state index contributed by atoms with van der Waals surface area (Å²) in [6.07, 6.45) is 3.80. The molecule has 0 aromatic rings. The van der Waals surface area contributed by atoms with E-state index >= 15 is 0 Å². The number of halogens is 3. The lowest BCUT2D eigenvalue weighted by atomic mass is 10.1. The molecule has 0 aliphatic rings. The molecule has 0 heterocycles. The molecule has 0 saturated carbocycles. The van der Waals surface area contributed by atoms with E-state index in [-0.39, 0.29) is 6.42 Å². The average Bonchev–Trinajstić information content (AvgIpc) is 2.14. The first kappa shape index (κ1) is 16.0. The third-order valence-electron chi connectivity index (χ3n) is 1.81. The highest BCUT2D eigenvalue weighted by Gasteiger charge is 2.45. The van der Waals surface area contributed by atoms with Crippen LogP contribution in [0.15, 0.2) is 17.1 Å². The molecule has 0 aliphatic heterocycles. The Morgan fingerprint density at radius 2 is 1.88 bits per heavy atom. The van der Waals surface area contributed by atoms with Gasteiger partial charge in [-0.2, -0.15) is 26.0 Å². The molecule has 0 saturated heterocycles. The van der Waals surface area contributed by atoms with Gasteiger partial charge in [0.15, 0.2) is 0 Å². The molecule has 0 aromatic heterocycles. The second-order valence-corrected chi connectivity index (χ2v) is 4.89. The number of nitrogens with zero attached hydrogens (tertiary/aromatic N) is 1. The number of hydrogen-bond donors (Lipinski definition) is 0. The van der Waals surface area contributed by atoms with Crippen LogP contribution in [0, 0.1) is 0 Å². The van der Waals surface area contributed by atoms with E-state index in [2.05, 4.69) is 11.0 Å². The second kappa shape index (κ2) is 6.63. The Hall–Kier alpha value is -1.05. The van der Waals surface area contributed by atoms with Gasteiger partial charge in [-0.1, -0.05) is 12.5 Å². The number of rotatable bonds is 7. The van der Waals surface area contributed by atoms with Crippen molar-refractivity contribution in [3.8, 4) is 0 Å². The highest BCUT2D eigenvalue weighted by Crippen LogP contribution is 2.24. The molecule has 4 nitrogen and oxygen atoms in total. The van der Waals surface area contributed by atoms with Gasteiger partial charge in [0.25, 0.3) is 0 Å².